The summed E-state index contributed by atoms with van der Waals surface area (Å²) in [5, 5.41) is 11.0. The highest BCUT2D eigenvalue weighted by atomic mass is 35.5. The van der Waals surface area contributed by atoms with Crippen molar-refractivity contribution in [1.29, 1.82) is 0 Å². The molecule has 3 aromatic carbocycles. The number of aromatic nitrogens is 1. The minimum Gasteiger partial charge on any atom is -0.477 e. The number of hydrogen-bond donors (Lipinski definition) is 2. The quantitative estimate of drug-likeness (QED) is 0.263. The number of allylic oxidation sites excluding steroid dienone is 1. The van der Waals surface area contributed by atoms with Crippen molar-refractivity contribution in [2.75, 3.05) is 0 Å². The average molecular weight is 513 g/mol. The van der Waals surface area contributed by atoms with Gasteiger partial charge >= 0.3 is 5.97 Å². The highest BCUT2D eigenvalue weighted by molar-refractivity contribution is 6.31. The van der Waals surface area contributed by atoms with Crippen LogP contribution < -0.4 is 0 Å². The number of carboxylic acid groups (broad SMARTS) is 1. The zero-order chi connectivity index (χ0) is 25.3. The largest absolute Gasteiger partial charge is 0.477 e. The number of rotatable bonds is 7. The first kappa shape index (κ1) is 24.5. The Morgan fingerprint density at radius 1 is 1.06 bits per heavy atom. The summed E-state index contributed by atoms with van der Waals surface area (Å²) in [7, 11) is 0. The van der Waals surface area contributed by atoms with E-state index in [2.05, 4.69) is 11.6 Å². The molecule has 178 valence electrons. The number of hydrogen-bond acceptors (Lipinski definition) is 2. The molecule has 1 aromatic heterocycles. The van der Waals surface area contributed by atoms with Crippen molar-refractivity contribution in [3.8, 4) is 0 Å². The third kappa shape index (κ3) is 4.81. The second-order valence-corrected chi connectivity index (χ2v) is 8.74. The fourth-order valence-corrected chi connectivity index (χ4v) is 4.44. The van der Waals surface area contributed by atoms with E-state index in [1.807, 2.05) is 37.3 Å². The fraction of sp³-hybridized carbons (Fsp3) is 0.0741. The number of aromatic carboxylic acids is 1. The number of carboxylic acids is 1. The predicted octanol–water partition coefficient (Wildman–Crippen LogP) is 7.99. The second-order valence-electron chi connectivity index (χ2n) is 7.87. The van der Waals surface area contributed by atoms with Crippen LogP contribution in [0.25, 0.3) is 22.2 Å². The molecular weight excluding hydrogens is 493 g/mol. The van der Waals surface area contributed by atoms with Gasteiger partial charge in [-0.3, -0.25) is 0 Å². The Morgan fingerprint density at radius 2 is 1.71 bits per heavy atom. The summed E-state index contributed by atoms with van der Waals surface area (Å²) in [6.45, 7) is 5.41. The van der Waals surface area contributed by atoms with E-state index in [-0.39, 0.29) is 22.8 Å². The van der Waals surface area contributed by atoms with Gasteiger partial charge in [0.15, 0.2) is 0 Å². The predicted molar refractivity (Wildman–Crippen MR) is 136 cm³/mol. The lowest BCUT2D eigenvalue weighted by molar-refractivity contribution is 0.0691. The summed E-state index contributed by atoms with van der Waals surface area (Å²) in [4.78, 5) is 16.7. The maximum Gasteiger partial charge on any atom is 0.353 e. The van der Waals surface area contributed by atoms with E-state index in [1.165, 1.54) is 11.1 Å². The van der Waals surface area contributed by atoms with Crippen molar-refractivity contribution >= 4 is 51.3 Å². The molecule has 0 radical (unpaired) electrons. The monoisotopic (exact) mass is 512 g/mol. The molecule has 0 spiro atoms. The van der Waals surface area contributed by atoms with Crippen LogP contribution >= 0.6 is 23.2 Å². The molecule has 0 unspecified atom stereocenters. The molecule has 0 aliphatic rings. The molecule has 4 rings (SSSR count). The van der Waals surface area contributed by atoms with Crippen LogP contribution in [0.15, 0.2) is 73.4 Å². The zero-order valence-corrected chi connectivity index (χ0v) is 20.1. The van der Waals surface area contributed by atoms with E-state index in [4.69, 9.17) is 23.2 Å². The molecule has 0 bridgehead atoms. The number of fused-ring (bicyclic) bond motifs is 1. The summed E-state index contributed by atoms with van der Waals surface area (Å²) < 4.78 is 29.5. The Hall–Kier alpha value is -3.61. The molecule has 0 atom stereocenters. The zero-order valence-electron chi connectivity index (χ0n) is 18.6. The van der Waals surface area contributed by atoms with Gasteiger partial charge in [0.05, 0.1) is 12.2 Å². The van der Waals surface area contributed by atoms with Crippen LogP contribution in [0.3, 0.4) is 0 Å². The van der Waals surface area contributed by atoms with E-state index in [0.717, 1.165) is 17.7 Å². The summed E-state index contributed by atoms with van der Waals surface area (Å²) in [6.07, 6.45) is 1.41. The molecular formula is C27H20Cl2F2N2O2. The number of carbonyl (C=O) groups is 1. The number of nitrogens with one attached hydrogen (secondary N) is 1. The minimum atomic E-state index is -1.20. The lowest BCUT2D eigenvalue weighted by atomic mass is 9.97. The van der Waals surface area contributed by atoms with Crippen molar-refractivity contribution in [2.45, 2.75) is 13.5 Å². The number of aromatic amines is 1. The van der Waals surface area contributed by atoms with Crippen LogP contribution in [0.1, 0.15) is 34.1 Å². The normalized spacial score (nSPS) is 11.9. The maximum absolute atomic E-state index is 14.7. The third-order valence-electron chi connectivity index (χ3n) is 5.72. The lowest BCUT2D eigenvalue weighted by Gasteiger charge is -2.27. The molecule has 0 aliphatic carbocycles. The first-order valence-electron chi connectivity index (χ1n) is 10.5. The van der Waals surface area contributed by atoms with Crippen molar-refractivity contribution < 1.29 is 18.7 Å². The second kappa shape index (κ2) is 9.94. The molecule has 8 heteroatoms. The van der Waals surface area contributed by atoms with Gasteiger partial charge in [0.25, 0.3) is 0 Å². The number of H-pyrrole nitrogens is 1. The molecule has 0 saturated heterocycles. The summed E-state index contributed by atoms with van der Waals surface area (Å²) in [6, 6.07) is 16.3. The lowest BCUT2D eigenvalue weighted by Crippen LogP contribution is -2.19. The molecule has 0 fully saturated rings. The Labute approximate surface area is 210 Å². The van der Waals surface area contributed by atoms with Gasteiger partial charge < -0.3 is 15.0 Å². The number of benzene rings is 3. The van der Waals surface area contributed by atoms with Crippen LogP contribution in [0, 0.1) is 11.6 Å². The van der Waals surface area contributed by atoms with Gasteiger partial charge in [-0.2, -0.15) is 0 Å². The van der Waals surface area contributed by atoms with E-state index < -0.39 is 17.6 Å². The SMILES string of the molecule is C=CN(Cc1c(F)cc(Cl)cc1F)/C(=C(\C)c1ccccc1)c1c(C(=O)O)[nH]c2cc(Cl)ccc12. The summed E-state index contributed by atoms with van der Waals surface area (Å²) >= 11 is 11.9. The van der Waals surface area contributed by atoms with Crippen LogP contribution in [0.4, 0.5) is 8.78 Å². The van der Waals surface area contributed by atoms with Crippen LogP contribution in [0.5, 0.6) is 0 Å². The van der Waals surface area contributed by atoms with Gasteiger partial charge in [0, 0.05) is 32.1 Å². The third-order valence-corrected chi connectivity index (χ3v) is 6.17. The maximum atomic E-state index is 14.7. The summed E-state index contributed by atoms with van der Waals surface area (Å²) in [5.74, 6) is -2.83. The van der Waals surface area contributed by atoms with E-state index in [1.54, 1.807) is 18.2 Å². The number of halogens is 4. The van der Waals surface area contributed by atoms with Gasteiger partial charge in [-0.15, -0.1) is 0 Å². The molecule has 1 heterocycles. The van der Waals surface area contributed by atoms with E-state index >= 15 is 0 Å². The Balaban J connectivity index is 2.03. The van der Waals surface area contributed by atoms with Crippen molar-refractivity contribution in [3.63, 3.8) is 0 Å². The van der Waals surface area contributed by atoms with Gasteiger partial charge in [-0.25, -0.2) is 13.6 Å². The van der Waals surface area contributed by atoms with Gasteiger partial charge in [0.1, 0.15) is 17.3 Å². The van der Waals surface area contributed by atoms with Crippen LogP contribution in [0.2, 0.25) is 10.0 Å². The Morgan fingerprint density at radius 3 is 2.31 bits per heavy atom. The smallest absolute Gasteiger partial charge is 0.353 e. The van der Waals surface area contributed by atoms with E-state index in [9.17, 15) is 18.7 Å². The van der Waals surface area contributed by atoms with Gasteiger partial charge in [0.2, 0.25) is 0 Å². The molecule has 4 aromatic rings. The van der Waals surface area contributed by atoms with Crippen LogP contribution in [-0.2, 0) is 6.54 Å². The van der Waals surface area contributed by atoms with Gasteiger partial charge in [-0.1, -0.05) is 66.2 Å². The highest BCUT2D eigenvalue weighted by Gasteiger charge is 2.27. The van der Waals surface area contributed by atoms with Crippen molar-refractivity contribution in [3.05, 3.63) is 118 Å². The topological polar surface area (TPSA) is 56.3 Å². The fourth-order valence-electron chi connectivity index (χ4n) is 4.08. The van der Waals surface area contributed by atoms with Crippen LogP contribution in [-0.4, -0.2) is 21.0 Å². The standard InChI is InChI=1S/C27H20Cl2F2N2O2/c1-3-33(14-20-21(30)11-18(29)12-22(20)31)26(15(2)16-7-5-4-6-8-16)24-19-10-9-17(28)13-23(19)32-25(24)27(34)35/h3-13,32H,1,14H2,2H3,(H,34,35)/b26-15+. The Kier molecular flexibility index (Phi) is 6.96. The molecule has 4 nitrogen and oxygen atoms in total. The summed E-state index contributed by atoms with van der Waals surface area (Å²) in [5.41, 5.74) is 2.44. The number of nitrogens with zero attached hydrogens (tertiary/aromatic N) is 1. The molecule has 35 heavy (non-hydrogen) atoms. The molecule has 0 saturated carbocycles. The van der Waals surface area contributed by atoms with Crippen molar-refractivity contribution in [2.24, 2.45) is 0 Å². The minimum absolute atomic E-state index is 0.0631. The Bertz CT molecular complexity index is 1460. The molecule has 2 N–H and O–H groups in total. The average Bonchev–Trinajstić information content (AvgIpc) is 3.19. The first-order chi connectivity index (χ1) is 16.7. The first-order valence-corrected chi connectivity index (χ1v) is 11.3. The highest BCUT2D eigenvalue weighted by Crippen LogP contribution is 2.38. The molecule has 0 aliphatic heterocycles. The van der Waals surface area contributed by atoms with Crippen molar-refractivity contribution in [1.82, 2.24) is 9.88 Å². The van der Waals surface area contributed by atoms with E-state index in [0.29, 0.717) is 32.8 Å². The van der Waals surface area contributed by atoms with Gasteiger partial charge in [-0.05, 0) is 48.5 Å². The molecule has 0 amide bonds.